The number of halogens is 1. The molecule has 0 aromatic rings. The molecule has 0 saturated carbocycles. The average Bonchev–Trinajstić information content (AvgIpc) is 2.27. The molecule has 20 heavy (non-hydrogen) atoms. The van der Waals surface area contributed by atoms with Gasteiger partial charge in [-0.25, -0.2) is 0 Å². The molecule has 0 bridgehead atoms. The number of carbonyl (C=O) groups excluding carboxylic acids is 3. The molecule has 1 rings (SSSR count). The van der Waals surface area contributed by atoms with Crippen LogP contribution in [-0.4, -0.2) is 47.3 Å². The summed E-state index contributed by atoms with van der Waals surface area (Å²) < 4.78 is 20.9. The molecular formula is C12H17BrO7. The van der Waals surface area contributed by atoms with E-state index in [1.54, 1.807) is 6.92 Å². The van der Waals surface area contributed by atoms with Crippen molar-refractivity contribution in [3.8, 4) is 0 Å². The summed E-state index contributed by atoms with van der Waals surface area (Å²) in [6, 6.07) is 0. The molecule has 0 aliphatic carbocycles. The van der Waals surface area contributed by atoms with Crippen molar-refractivity contribution in [1.82, 2.24) is 0 Å². The molecule has 0 aromatic heterocycles. The van der Waals surface area contributed by atoms with Crippen molar-refractivity contribution < 1.29 is 33.3 Å². The number of ether oxygens (including phenoxy) is 4. The Morgan fingerprint density at radius 3 is 1.70 bits per heavy atom. The van der Waals surface area contributed by atoms with E-state index < -0.39 is 47.3 Å². The molecular weight excluding hydrogens is 336 g/mol. The molecule has 0 aromatic carbocycles. The summed E-state index contributed by atoms with van der Waals surface area (Å²) in [6.45, 7) is 5.35. The predicted octanol–water partition coefficient (Wildman–Crippen LogP) is 0.921. The first-order valence-corrected chi connectivity index (χ1v) is 6.95. The van der Waals surface area contributed by atoms with E-state index in [1.165, 1.54) is 20.8 Å². The molecule has 1 aliphatic rings. The third-order valence-electron chi connectivity index (χ3n) is 2.62. The Morgan fingerprint density at radius 1 is 0.850 bits per heavy atom. The highest BCUT2D eigenvalue weighted by atomic mass is 79.9. The Morgan fingerprint density at radius 2 is 1.25 bits per heavy atom. The zero-order chi connectivity index (χ0) is 15.4. The fourth-order valence-electron chi connectivity index (χ4n) is 1.96. The highest BCUT2D eigenvalue weighted by Crippen LogP contribution is 2.31. The van der Waals surface area contributed by atoms with Crippen LogP contribution < -0.4 is 0 Å². The topological polar surface area (TPSA) is 88.1 Å². The minimum absolute atomic E-state index is 0.528. The van der Waals surface area contributed by atoms with Gasteiger partial charge in [0.05, 0.1) is 6.10 Å². The fraction of sp³-hybridized carbons (Fsp3) is 0.750. The molecule has 1 saturated heterocycles. The number of hydrogen-bond donors (Lipinski definition) is 0. The van der Waals surface area contributed by atoms with Crippen molar-refractivity contribution >= 4 is 33.8 Å². The van der Waals surface area contributed by atoms with Gasteiger partial charge in [-0.1, -0.05) is 15.9 Å². The second kappa shape index (κ2) is 7.03. The van der Waals surface area contributed by atoms with Crippen LogP contribution in [0.1, 0.15) is 27.7 Å². The quantitative estimate of drug-likeness (QED) is 0.424. The average molecular weight is 353 g/mol. The lowest BCUT2D eigenvalue weighted by Crippen LogP contribution is -2.59. The van der Waals surface area contributed by atoms with Gasteiger partial charge in [-0.05, 0) is 6.92 Å². The van der Waals surface area contributed by atoms with Crippen molar-refractivity contribution in [3.63, 3.8) is 0 Å². The van der Waals surface area contributed by atoms with Crippen molar-refractivity contribution in [2.75, 3.05) is 0 Å². The molecule has 7 nitrogen and oxygen atoms in total. The third kappa shape index (κ3) is 4.45. The zero-order valence-corrected chi connectivity index (χ0v) is 13.2. The molecule has 5 atom stereocenters. The summed E-state index contributed by atoms with van der Waals surface area (Å²) in [4.78, 5) is 33.5. The number of carbonyl (C=O) groups is 3. The van der Waals surface area contributed by atoms with Crippen LogP contribution in [0.25, 0.3) is 0 Å². The summed E-state index contributed by atoms with van der Waals surface area (Å²) >= 11 is 3.22. The second-order valence-electron chi connectivity index (χ2n) is 4.41. The Balaban J connectivity index is 3.01. The van der Waals surface area contributed by atoms with Crippen molar-refractivity contribution in [2.45, 2.75) is 57.1 Å². The van der Waals surface area contributed by atoms with Gasteiger partial charge in [0.2, 0.25) is 0 Å². The van der Waals surface area contributed by atoms with E-state index in [-0.39, 0.29) is 0 Å². The normalized spacial score (nSPS) is 33.1. The van der Waals surface area contributed by atoms with E-state index in [0.29, 0.717) is 0 Å². The molecule has 0 N–H and O–H groups in total. The molecule has 0 amide bonds. The minimum Gasteiger partial charge on any atom is -0.456 e. The second-order valence-corrected chi connectivity index (χ2v) is 5.32. The summed E-state index contributed by atoms with van der Waals surface area (Å²) in [7, 11) is 0. The van der Waals surface area contributed by atoms with E-state index in [1.807, 2.05) is 0 Å². The van der Waals surface area contributed by atoms with Gasteiger partial charge in [-0.15, -0.1) is 0 Å². The van der Waals surface area contributed by atoms with Gasteiger partial charge < -0.3 is 18.9 Å². The monoisotopic (exact) mass is 352 g/mol. The summed E-state index contributed by atoms with van der Waals surface area (Å²) in [5, 5.41) is -0.669. The first-order chi connectivity index (χ1) is 9.22. The van der Waals surface area contributed by atoms with E-state index in [9.17, 15) is 14.4 Å². The van der Waals surface area contributed by atoms with Gasteiger partial charge in [0, 0.05) is 20.8 Å². The molecule has 0 unspecified atom stereocenters. The van der Waals surface area contributed by atoms with Gasteiger partial charge in [0.1, 0.15) is 0 Å². The van der Waals surface area contributed by atoms with Gasteiger partial charge in [-0.3, -0.25) is 14.4 Å². The van der Waals surface area contributed by atoms with Crippen LogP contribution >= 0.6 is 15.9 Å². The maximum Gasteiger partial charge on any atom is 0.303 e. The summed E-state index contributed by atoms with van der Waals surface area (Å²) in [5.41, 5.74) is 0. The standard InChI is InChI=1S/C12H17BrO7/c1-5-9(18-6(2)14)10(19-7(3)15)11(12(13)17-5)20-8(4)16/h5,9-12H,1-4H3/t5-,9-,10+,11+,12+/m0/s1. The highest BCUT2D eigenvalue weighted by molar-refractivity contribution is 9.09. The van der Waals surface area contributed by atoms with Crippen LogP contribution in [0.3, 0.4) is 0 Å². The lowest BCUT2D eigenvalue weighted by molar-refractivity contribution is -0.227. The third-order valence-corrected chi connectivity index (χ3v) is 3.36. The van der Waals surface area contributed by atoms with E-state index in [4.69, 9.17) is 18.9 Å². The number of esters is 3. The van der Waals surface area contributed by atoms with Crippen molar-refractivity contribution in [2.24, 2.45) is 0 Å². The van der Waals surface area contributed by atoms with Crippen LogP contribution in [0.15, 0.2) is 0 Å². The lowest BCUT2D eigenvalue weighted by atomic mass is 10.00. The largest absolute Gasteiger partial charge is 0.456 e. The van der Waals surface area contributed by atoms with Gasteiger partial charge in [0.25, 0.3) is 0 Å². The van der Waals surface area contributed by atoms with Gasteiger partial charge in [0.15, 0.2) is 23.3 Å². The molecule has 114 valence electrons. The van der Waals surface area contributed by atoms with Crippen LogP contribution in [0, 0.1) is 0 Å². The Bertz CT molecular complexity index is 369. The van der Waals surface area contributed by atoms with E-state index in [0.717, 1.165) is 0 Å². The first kappa shape index (κ1) is 16.9. The van der Waals surface area contributed by atoms with Crippen molar-refractivity contribution in [3.05, 3.63) is 0 Å². The highest BCUT2D eigenvalue weighted by Gasteiger charge is 2.49. The molecule has 0 radical (unpaired) electrons. The Kier molecular flexibility index (Phi) is 5.94. The maximum atomic E-state index is 11.2. The van der Waals surface area contributed by atoms with Crippen LogP contribution in [0.5, 0.6) is 0 Å². The zero-order valence-electron chi connectivity index (χ0n) is 11.6. The molecule has 1 aliphatic heterocycles. The number of alkyl halides is 1. The summed E-state index contributed by atoms with van der Waals surface area (Å²) in [5.74, 6) is -1.67. The number of hydrogen-bond acceptors (Lipinski definition) is 7. The van der Waals surface area contributed by atoms with Crippen molar-refractivity contribution in [1.29, 1.82) is 0 Å². The first-order valence-electron chi connectivity index (χ1n) is 6.03. The van der Waals surface area contributed by atoms with Gasteiger partial charge in [-0.2, -0.15) is 0 Å². The smallest absolute Gasteiger partial charge is 0.303 e. The van der Waals surface area contributed by atoms with Crippen LogP contribution in [0.2, 0.25) is 0 Å². The summed E-state index contributed by atoms with van der Waals surface area (Å²) in [6.07, 6.45) is -3.22. The SMILES string of the molecule is CC(=O)O[C@@H]1[C@@H](OC(C)=O)[C@H](C)O[C@@H](Br)[C@@H]1OC(C)=O. The van der Waals surface area contributed by atoms with E-state index >= 15 is 0 Å². The molecule has 1 fully saturated rings. The fourth-order valence-corrected chi connectivity index (χ4v) is 2.70. The van der Waals surface area contributed by atoms with Gasteiger partial charge >= 0.3 is 17.9 Å². The lowest BCUT2D eigenvalue weighted by Gasteiger charge is -2.41. The van der Waals surface area contributed by atoms with E-state index in [2.05, 4.69) is 15.9 Å². The Labute approximate surface area is 125 Å². The molecule has 1 heterocycles. The molecule has 8 heteroatoms. The predicted molar refractivity (Wildman–Crippen MR) is 69.9 cm³/mol. The maximum absolute atomic E-state index is 11.2. The van der Waals surface area contributed by atoms with Crippen LogP contribution in [0.4, 0.5) is 0 Å². The Hall–Kier alpha value is -1.15. The minimum atomic E-state index is -0.937. The number of rotatable bonds is 3. The molecule has 0 spiro atoms. The van der Waals surface area contributed by atoms with Crippen LogP contribution in [-0.2, 0) is 33.3 Å².